The molecule has 0 amide bonds. The highest BCUT2D eigenvalue weighted by Gasteiger charge is 2.39. The van der Waals surface area contributed by atoms with Gasteiger partial charge in [0.15, 0.2) is 4.75 Å². The number of aromatic nitrogens is 2. The number of rotatable bonds is 3. The number of benzene rings is 1. The molecule has 2 N–H and O–H groups in total. The molecule has 2 aromatic rings. The molecule has 0 aliphatic rings. The Hall–Kier alpha value is -1.25. The highest BCUT2D eigenvalue weighted by atomic mass is 79.9. The van der Waals surface area contributed by atoms with Crippen molar-refractivity contribution in [1.82, 2.24) is 10.2 Å². The van der Waals surface area contributed by atoms with Crippen molar-refractivity contribution in [1.29, 1.82) is 0 Å². The van der Waals surface area contributed by atoms with Crippen molar-refractivity contribution in [2.24, 2.45) is 5.14 Å². The molecule has 2 rings (SSSR count). The molecule has 0 atom stereocenters. The summed E-state index contributed by atoms with van der Waals surface area (Å²) in [6.07, 6.45) is 0. The van der Waals surface area contributed by atoms with Crippen molar-refractivity contribution in [2.75, 3.05) is 0 Å². The minimum Gasteiger partial charge on any atom is -0.419 e. The zero-order valence-corrected chi connectivity index (χ0v) is 12.7. The van der Waals surface area contributed by atoms with Crippen molar-refractivity contribution in [3.63, 3.8) is 0 Å². The maximum absolute atomic E-state index is 11.5. The predicted molar refractivity (Wildman–Crippen MR) is 73.6 cm³/mol. The smallest absolute Gasteiger partial charge is 0.247 e. The fraction of sp³-hybridized carbons (Fsp3) is 0.273. The average molecular weight is 346 g/mol. The standard InChI is InChI=1S/C11H12BrN3O3S/c1-11(2,19(13,16)17)10-15-14-9(18-10)7-3-5-8(12)6-4-7/h3-6H,1-2H3,(H2,13,16,17). The molecule has 0 spiro atoms. The third-order valence-corrected chi connectivity index (χ3v) is 4.87. The van der Waals surface area contributed by atoms with Crippen LogP contribution >= 0.6 is 15.9 Å². The summed E-state index contributed by atoms with van der Waals surface area (Å²) in [6, 6.07) is 7.21. The summed E-state index contributed by atoms with van der Waals surface area (Å²) in [4.78, 5) is 0. The largest absolute Gasteiger partial charge is 0.419 e. The number of nitrogens with zero attached hydrogens (tertiary/aromatic N) is 2. The van der Waals surface area contributed by atoms with Gasteiger partial charge in [-0.2, -0.15) is 0 Å². The van der Waals surface area contributed by atoms with Gasteiger partial charge in [-0.05, 0) is 38.1 Å². The van der Waals surface area contributed by atoms with Crippen LogP contribution in [-0.2, 0) is 14.8 Å². The molecule has 1 heterocycles. The second kappa shape index (κ2) is 4.69. The molecule has 0 aliphatic carbocycles. The first-order valence-corrected chi connectivity index (χ1v) is 7.68. The minimum absolute atomic E-state index is 0.0343. The Balaban J connectivity index is 2.42. The van der Waals surface area contributed by atoms with E-state index in [1.165, 1.54) is 13.8 Å². The van der Waals surface area contributed by atoms with Gasteiger partial charge in [0.1, 0.15) is 0 Å². The first-order valence-electron chi connectivity index (χ1n) is 5.34. The van der Waals surface area contributed by atoms with Crippen LogP contribution in [0.25, 0.3) is 11.5 Å². The summed E-state index contributed by atoms with van der Waals surface area (Å²) < 4.78 is 27.9. The maximum Gasteiger partial charge on any atom is 0.247 e. The van der Waals surface area contributed by atoms with E-state index in [1.54, 1.807) is 12.1 Å². The monoisotopic (exact) mass is 345 g/mol. The summed E-state index contributed by atoms with van der Waals surface area (Å²) >= 11 is 3.32. The van der Waals surface area contributed by atoms with Crippen LogP contribution in [0, 0.1) is 0 Å². The van der Waals surface area contributed by atoms with Crippen molar-refractivity contribution in [2.45, 2.75) is 18.6 Å². The first-order chi connectivity index (χ1) is 8.72. The zero-order valence-electron chi connectivity index (χ0n) is 10.3. The van der Waals surface area contributed by atoms with Gasteiger partial charge in [-0.15, -0.1) is 10.2 Å². The van der Waals surface area contributed by atoms with E-state index in [0.717, 1.165) is 4.47 Å². The molecular weight excluding hydrogens is 334 g/mol. The molecule has 6 nitrogen and oxygen atoms in total. The number of hydrogen-bond donors (Lipinski definition) is 1. The molecular formula is C11H12BrN3O3S. The number of hydrogen-bond acceptors (Lipinski definition) is 5. The van der Waals surface area contributed by atoms with E-state index in [0.29, 0.717) is 5.56 Å². The lowest BCUT2D eigenvalue weighted by Gasteiger charge is -2.16. The Morgan fingerprint density at radius 2 is 1.79 bits per heavy atom. The number of nitrogens with two attached hydrogens (primary N) is 1. The molecule has 8 heteroatoms. The molecule has 0 aliphatic heterocycles. The zero-order chi connectivity index (χ0) is 14.3. The Kier molecular flexibility index (Phi) is 3.50. The predicted octanol–water partition coefficient (Wildman–Crippen LogP) is 2.02. The van der Waals surface area contributed by atoms with Crippen LogP contribution in [0.3, 0.4) is 0 Å². The molecule has 102 valence electrons. The van der Waals surface area contributed by atoms with E-state index in [1.807, 2.05) is 12.1 Å². The van der Waals surface area contributed by atoms with E-state index in [4.69, 9.17) is 9.56 Å². The number of primary sulfonamides is 1. The fourth-order valence-corrected chi connectivity index (χ4v) is 1.89. The molecule has 0 bridgehead atoms. The summed E-state index contributed by atoms with van der Waals surface area (Å²) in [5.74, 6) is 0.215. The number of sulfonamides is 1. The fourth-order valence-electron chi connectivity index (χ4n) is 1.30. The third kappa shape index (κ3) is 2.70. The van der Waals surface area contributed by atoms with Crippen molar-refractivity contribution >= 4 is 26.0 Å². The van der Waals surface area contributed by atoms with E-state index < -0.39 is 14.8 Å². The lowest BCUT2D eigenvalue weighted by Crippen LogP contribution is -2.35. The van der Waals surface area contributed by atoms with Gasteiger partial charge in [0, 0.05) is 10.0 Å². The van der Waals surface area contributed by atoms with E-state index >= 15 is 0 Å². The average Bonchev–Trinajstić information content (AvgIpc) is 2.78. The highest BCUT2D eigenvalue weighted by molar-refractivity contribution is 9.10. The summed E-state index contributed by atoms with van der Waals surface area (Å²) in [5.41, 5.74) is 0.701. The van der Waals surface area contributed by atoms with Gasteiger partial charge in [-0.25, -0.2) is 13.6 Å². The van der Waals surface area contributed by atoms with E-state index in [9.17, 15) is 8.42 Å². The Morgan fingerprint density at radius 1 is 1.21 bits per heavy atom. The van der Waals surface area contributed by atoms with Gasteiger partial charge in [0.2, 0.25) is 21.8 Å². The molecule has 0 saturated heterocycles. The molecule has 0 saturated carbocycles. The van der Waals surface area contributed by atoms with Gasteiger partial charge in [0.05, 0.1) is 0 Å². The second-order valence-corrected chi connectivity index (χ2v) is 7.50. The first kappa shape index (κ1) is 14.2. The second-order valence-electron chi connectivity index (χ2n) is 4.47. The normalized spacial score (nSPS) is 12.6. The third-order valence-electron chi connectivity index (χ3n) is 2.74. The Bertz CT molecular complexity index is 692. The van der Waals surface area contributed by atoms with Gasteiger partial charge < -0.3 is 4.42 Å². The van der Waals surface area contributed by atoms with Crippen LogP contribution in [0.5, 0.6) is 0 Å². The van der Waals surface area contributed by atoms with Crippen LogP contribution < -0.4 is 5.14 Å². The van der Waals surface area contributed by atoms with Crippen molar-refractivity contribution in [3.8, 4) is 11.5 Å². The van der Waals surface area contributed by atoms with Crippen LogP contribution in [0.2, 0.25) is 0 Å². The quantitative estimate of drug-likeness (QED) is 0.917. The van der Waals surface area contributed by atoms with Gasteiger partial charge in [-0.3, -0.25) is 0 Å². The van der Waals surface area contributed by atoms with E-state index in [-0.39, 0.29) is 11.8 Å². The lowest BCUT2D eigenvalue weighted by atomic mass is 10.2. The molecule has 0 radical (unpaired) electrons. The highest BCUT2D eigenvalue weighted by Crippen LogP contribution is 2.29. The van der Waals surface area contributed by atoms with Crippen LogP contribution in [0.4, 0.5) is 0 Å². The Morgan fingerprint density at radius 3 is 2.32 bits per heavy atom. The topological polar surface area (TPSA) is 99.1 Å². The summed E-state index contributed by atoms with van der Waals surface area (Å²) in [6.45, 7) is 2.84. The molecule has 0 fully saturated rings. The molecule has 1 aromatic heterocycles. The van der Waals surface area contributed by atoms with Crippen LogP contribution in [0.1, 0.15) is 19.7 Å². The van der Waals surface area contributed by atoms with Crippen molar-refractivity contribution < 1.29 is 12.8 Å². The molecule has 0 unspecified atom stereocenters. The number of halogens is 1. The SMILES string of the molecule is CC(C)(c1nnc(-c2ccc(Br)cc2)o1)S(N)(=O)=O. The lowest BCUT2D eigenvalue weighted by molar-refractivity contribution is 0.439. The molecule has 19 heavy (non-hydrogen) atoms. The van der Waals surface area contributed by atoms with Gasteiger partial charge in [0.25, 0.3) is 0 Å². The summed E-state index contributed by atoms with van der Waals surface area (Å²) in [7, 11) is -3.83. The van der Waals surface area contributed by atoms with Crippen LogP contribution in [0.15, 0.2) is 33.2 Å². The van der Waals surface area contributed by atoms with Crippen molar-refractivity contribution in [3.05, 3.63) is 34.6 Å². The summed E-state index contributed by atoms with van der Waals surface area (Å²) in [5, 5.41) is 12.8. The van der Waals surface area contributed by atoms with Gasteiger partial charge in [-0.1, -0.05) is 15.9 Å². The van der Waals surface area contributed by atoms with E-state index in [2.05, 4.69) is 26.1 Å². The van der Waals surface area contributed by atoms with Gasteiger partial charge >= 0.3 is 0 Å². The van der Waals surface area contributed by atoms with Crippen LogP contribution in [-0.4, -0.2) is 18.6 Å². The minimum atomic E-state index is -3.83. The maximum atomic E-state index is 11.5. The Labute approximate surface area is 119 Å². The molecule has 1 aromatic carbocycles.